The number of hydrogen-bond acceptors (Lipinski definition) is 8. The highest BCUT2D eigenvalue weighted by Crippen LogP contribution is 2.31. The van der Waals surface area contributed by atoms with Crippen LogP contribution in [-0.2, 0) is 14.3 Å². The summed E-state index contributed by atoms with van der Waals surface area (Å²) in [5.74, 6) is -2.17. The van der Waals surface area contributed by atoms with E-state index < -0.39 is 30.3 Å². The van der Waals surface area contributed by atoms with E-state index in [0.717, 1.165) is 10.5 Å². The van der Waals surface area contributed by atoms with Crippen LogP contribution in [0.4, 0.5) is 5.69 Å². The Morgan fingerprint density at radius 3 is 2.53 bits per heavy atom. The van der Waals surface area contributed by atoms with Crippen molar-refractivity contribution in [3.05, 3.63) is 64.7 Å². The lowest BCUT2D eigenvalue weighted by Crippen LogP contribution is -2.38. The van der Waals surface area contributed by atoms with E-state index in [1.807, 2.05) is 0 Å². The summed E-state index contributed by atoms with van der Waals surface area (Å²) in [5.41, 5.74) is 1.57. The van der Waals surface area contributed by atoms with Gasteiger partial charge in [0, 0.05) is 13.1 Å². The van der Waals surface area contributed by atoms with E-state index in [1.54, 1.807) is 31.2 Å². The second-order valence-corrected chi connectivity index (χ2v) is 9.13. The Labute approximate surface area is 204 Å². The van der Waals surface area contributed by atoms with Gasteiger partial charge in [-0.1, -0.05) is 42.2 Å². The van der Waals surface area contributed by atoms with Crippen molar-refractivity contribution in [2.24, 2.45) is 0 Å². The third kappa shape index (κ3) is 4.57. The van der Waals surface area contributed by atoms with Crippen LogP contribution in [0.2, 0.25) is 0 Å². The molecular weight excluding hydrogens is 478 g/mol. The number of amides is 4. The first-order chi connectivity index (χ1) is 16.3. The summed E-state index contributed by atoms with van der Waals surface area (Å²) in [7, 11) is 0. The third-order valence-electron chi connectivity index (χ3n) is 5.31. The number of imide groups is 1. The van der Waals surface area contributed by atoms with Gasteiger partial charge >= 0.3 is 5.97 Å². The van der Waals surface area contributed by atoms with Crippen molar-refractivity contribution in [1.82, 2.24) is 10.2 Å². The molecule has 0 bridgehead atoms. The molecule has 2 aromatic rings. The van der Waals surface area contributed by atoms with E-state index in [9.17, 15) is 24.0 Å². The lowest BCUT2D eigenvalue weighted by molar-refractivity contribution is -0.126. The minimum Gasteiger partial charge on any atom is -0.452 e. The average molecular weight is 498 g/mol. The number of thiocarbonyl (C=S) groups is 1. The molecular formula is C23H19N3O6S2. The molecule has 1 fully saturated rings. The van der Waals surface area contributed by atoms with E-state index in [0.29, 0.717) is 15.8 Å². The second-order valence-electron chi connectivity index (χ2n) is 7.52. The molecule has 0 spiro atoms. The molecule has 2 aliphatic rings. The molecule has 0 atom stereocenters. The van der Waals surface area contributed by atoms with E-state index in [4.69, 9.17) is 17.0 Å². The highest BCUT2D eigenvalue weighted by Gasteiger charge is 2.37. The Morgan fingerprint density at radius 1 is 1.09 bits per heavy atom. The summed E-state index contributed by atoms with van der Waals surface area (Å²) in [5, 5.41) is 2.56. The zero-order valence-corrected chi connectivity index (χ0v) is 19.7. The zero-order valence-electron chi connectivity index (χ0n) is 18.0. The molecule has 34 heavy (non-hydrogen) atoms. The summed E-state index contributed by atoms with van der Waals surface area (Å²) >= 11 is 6.33. The molecule has 0 aliphatic carbocycles. The van der Waals surface area contributed by atoms with Crippen molar-refractivity contribution in [3.8, 4) is 0 Å². The summed E-state index contributed by atoms with van der Waals surface area (Å²) in [6, 6.07) is 11.1. The average Bonchev–Trinajstić information content (AvgIpc) is 3.27. The van der Waals surface area contributed by atoms with Gasteiger partial charge in [0.2, 0.25) is 5.91 Å². The summed E-state index contributed by atoms with van der Waals surface area (Å²) in [6.07, 6.45) is 0. The number of esters is 1. The molecule has 11 heteroatoms. The fraction of sp³-hybridized carbons (Fsp3) is 0.217. The van der Waals surface area contributed by atoms with Gasteiger partial charge in [-0.05, 0) is 36.8 Å². The molecule has 4 rings (SSSR count). The predicted octanol–water partition coefficient (Wildman–Crippen LogP) is 1.93. The Bertz CT molecular complexity index is 1230. The van der Waals surface area contributed by atoms with Crippen LogP contribution in [0, 0.1) is 6.92 Å². The van der Waals surface area contributed by atoms with Crippen molar-refractivity contribution in [2.75, 3.05) is 30.3 Å². The number of aryl methyl sites for hydroxylation is 1. The van der Waals surface area contributed by atoms with Crippen LogP contribution in [0.5, 0.6) is 0 Å². The molecule has 1 saturated heterocycles. The van der Waals surface area contributed by atoms with Crippen LogP contribution >= 0.6 is 24.0 Å². The van der Waals surface area contributed by atoms with Gasteiger partial charge in [-0.25, -0.2) is 9.69 Å². The molecule has 0 unspecified atom stereocenters. The molecule has 0 aromatic heterocycles. The maximum absolute atomic E-state index is 12.9. The van der Waals surface area contributed by atoms with Crippen molar-refractivity contribution >= 4 is 63.6 Å². The molecule has 2 aliphatic heterocycles. The van der Waals surface area contributed by atoms with Gasteiger partial charge < -0.3 is 10.1 Å². The van der Waals surface area contributed by atoms with Crippen molar-refractivity contribution in [2.45, 2.75) is 6.92 Å². The van der Waals surface area contributed by atoms with Gasteiger partial charge in [-0.3, -0.25) is 24.1 Å². The normalized spacial score (nSPS) is 15.1. The van der Waals surface area contributed by atoms with Crippen LogP contribution in [0.3, 0.4) is 0 Å². The number of benzene rings is 2. The Balaban J connectivity index is 1.35. The number of hydrogen-bond donors (Lipinski definition) is 1. The van der Waals surface area contributed by atoms with E-state index >= 15 is 0 Å². The summed E-state index contributed by atoms with van der Waals surface area (Å²) < 4.78 is 5.50. The number of thioether (sulfide) groups is 1. The minimum atomic E-state index is -0.806. The Morgan fingerprint density at radius 2 is 1.82 bits per heavy atom. The quantitative estimate of drug-likeness (QED) is 0.351. The predicted molar refractivity (Wildman–Crippen MR) is 129 cm³/mol. The first-order valence-corrected chi connectivity index (χ1v) is 11.7. The first kappa shape index (κ1) is 23.6. The SMILES string of the molecule is Cc1ccccc1N1C(=O)c2ccc(C(=O)OCC(=O)NCCN3C(=O)CSC3=S)cc2C1=O. The molecule has 1 N–H and O–H groups in total. The largest absolute Gasteiger partial charge is 0.452 e. The van der Waals surface area contributed by atoms with Gasteiger partial charge in [0.25, 0.3) is 17.7 Å². The zero-order chi connectivity index (χ0) is 24.4. The number of nitrogens with zero attached hydrogens (tertiary/aromatic N) is 2. The molecule has 4 amide bonds. The summed E-state index contributed by atoms with van der Waals surface area (Å²) in [4.78, 5) is 64.3. The standard InChI is InChI=1S/C23H19N3O6S2/c1-13-4-2-3-5-17(13)26-20(29)15-7-6-14(10-16(15)21(26)30)22(31)32-11-18(27)24-8-9-25-19(28)12-34-23(25)33/h2-7,10H,8-9,11-12H2,1H3,(H,24,27). The number of carbonyl (C=O) groups excluding carboxylic acids is 5. The lowest BCUT2D eigenvalue weighted by Gasteiger charge is -2.16. The van der Waals surface area contributed by atoms with Crippen molar-refractivity contribution in [3.63, 3.8) is 0 Å². The van der Waals surface area contributed by atoms with E-state index in [1.165, 1.54) is 34.9 Å². The van der Waals surface area contributed by atoms with Crippen LogP contribution in [-0.4, -0.2) is 64.3 Å². The number of rotatable bonds is 7. The Hall–Kier alpha value is -3.57. The van der Waals surface area contributed by atoms with Crippen LogP contribution in [0.1, 0.15) is 36.6 Å². The fourth-order valence-corrected chi connectivity index (χ4v) is 4.69. The maximum Gasteiger partial charge on any atom is 0.338 e. The molecule has 2 aromatic carbocycles. The van der Waals surface area contributed by atoms with E-state index in [2.05, 4.69) is 5.32 Å². The topological polar surface area (TPSA) is 113 Å². The minimum absolute atomic E-state index is 0.0457. The molecule has 0 radical (unpaired) electrons. The molecule has 0 saturated carbocycles. The van der Waals surface area contributed by atoms with Gasteiger partial charge in [-0.15, -0.1) is 0 Å². The van der Waals surface area contributed by atoms with Crippen LogP contribution in [0.15, 0.2) is 42.5 Å². The monoisotopic (exact) mass is 497 g/mol. The third-order valence-corrected chi connectivity index (χ3v) is 6.74. The van der Waals surface area contributed by atoms with Crippen LogP contribution in [0.25, 0.3) is 0 Å². The van der Waals surface area contributed by atoms with Gasteiger partial charge in [0.15, 0.2) is 6.61 Å². The van der Waals surface area contributed by atoms with Crippen molar-refractivity contribution < 1.29 is 28.7 Å². The highest BCUT2D eigenvalue weighted by molar-refractivity contribution is 8.23. The van der Waals surface area contributed by atoms with Gasteiger partial charge in [0.1, 0.15) is 4.32 Å². The lowest BCUT2D eigenvalue weighted by atomic mass is 10.1. The number of ether oxygens (including phenoxy) is 1. The molecule has 174 valence electrons. The number of fused-ring (bicyclic) bond motifs is 1. The smallest absolute Gasteiger partial charge is 0.338 e. The fourth-order valence-electron chi connectivity index (χ4n) is 3.57. The number of nitrogens with one attached hydrogen (secondary N) is 1. The number of para-hydroxylation sites is 1. The molecule has 9 nitrogen and oxygen atoms in total. The summed E-state index contributed by atoms with van der Waals surface area (Å²) in [6.45, 7) is 1.66. The van der Waals surface area contributed by atoms with Gasteiger partial charge in [0.05, 0.1) is 28.1 Å². The molecule has 2 heterocycles. The van der Waals surface area contributed by atoms with Crippen LogP contribution < -0.4 is 10.2 Å². The van der Waals surface area contributed by atoms with E-state index in [-0.39, 0.29) is 35.7 Å². The maximum atomic E-state index is 12.9. The second kappa shape index (κ2) is 9.74. The first-order valence-electron chi connectivity index (χ1n) is 10.3. The highest BCUT2D eigenvalue weighted by atomic mass is 32.2. The number of carbonyl (C=O) groups is 5. The van der Waals surface area contributed by atoms with Crippen molar-refractivity contribution in [1.29, 1.82) is 0 Å². The number of anilines is 1. The van der Waals surface area contributed by atoms with Gasteiger partial charge in [-0.2, -0.15) is 0 Å². The Kier molecular flexibility index (Phi) is 6.75.